The molecule has 0 aromatic rings. The zero-order valence-electron chi connectivity index (χ0n) is 13.4. The molecule has 116 valence electrons. The van der Waals surface area contributed by atoms with E-state index in [4.69, 9.17) is 4.74 Å². The smallest absolute Gasteiger partial charge is 0.312 e. The van der Waals surface area contributed by atoms with Crippen molar-refractivity contribution in [1.29, 1.82) is 0 Å². The van der Waals surface area contributed by atoms with Crippen molar-refractivity contribution in [3.63, 3.8) is 0 Å². The van der Waals surface area contributed by atoms with Crippen LogP contribution in [0.5, 0.6) is 0 Å². The van der Waals surface area contributed by atoms with Gasteiger partial charge in [0.1, 0.15) is 0 Å². The van der Waals surface area contributed by atoms with Crippen LogP contribution in [0.2, 0.25) is 0 Å². The van der Waals surface area contributed by atoms with E-state index in [1.807, 2.05) is 13.8 Å². The van der Waals surface area contributed by atoms with E-state index in [1.54, 1.807) is 0 Å². The van der Waals surface area contributed by atoms with Crippen molar-refractivity contribution in [2.24, 2.45) is 5.41 Å². The third-order valence-electron chi connectivity index (χ3n) is 4.81. The molecule has 0 radical (unpaired) electrons. The van der Waals surface area contributed by atoms with Crippen LogP contribution in [0.1, 0.15) is 52.9 Å². The van der Waals surface area contributed by atoms with Gasteiger partial charge in [-0.15, -0.1) is 0 Å². The lowest BCUT2D eigenvalue weighted by Crippen LogP contribution is -2.51. The Kier molecular flexibility index (Phi) is 5.08. The molecule has 4 nitrogen and oxygen atoms in total. The molecule has 2 aliphatic rings. The molecule has 0 spiro atoms. The molecule has 2 fully saturated rings. The van der Waals surface area contributed by atoms with Crippen molar-refractivity contribution in [1.82, 2.24) is 10.2 Å². The number of esters is 1. The number of carbonyl (C=O) groups excluding carboxylic acids is 1. The van der Waals surface area contributed by atoms with Gasteiger partial charge in [-0.05, 0) is 52.5 Å². The first kappa shape index (κ1) is 15.8. The van der Waals surface area contributed by atoms with E-state index < -0.39 is 5.41 Å². The Labute approximate surface area is 123 Å². The summed E-state index contributed by atoms with van der Waals surface area (Å²) in [6.07, 6.45) is 6.24. The van der Waals surface area contributed by atoms with Gasteiger partial charge in [-0.2, -0.15) is 0 Å². The second-order valence-corrected chi connectivity index (χ2v) is 7.11. The molecule has 2 atom stereocenters. The number of nitrogens with one attached hydrogen (secondary N) is 1. The third-order valence-corrected chi connectivity index (χ3v) is 4.81. The van der Waals surface area contributed by atoms with Crippen molar-refractivity contribution >= 4 is 5.97 Å². The molecule has 4 heteroatoms. The van der Waals surface area contributed by atoms with E-state index in [9.17, 15) is 4.79 Å². The summed E-state index contributed by atoms with van der Waals surface area (Å²) in [6.45, 7) is 8.09. The number of fused-ring (bicyclic) bond motifs is 2. The van der Waals surface area contributed by atoms with Crippen LogP contribution >= 0.6 is 0 Å². The molecule has 2 saturated heterocycles. The van der Waals surface area contributed by atoms with E-state index >= 15 is 0 Å². The van der Waals surface area contributed by atoms with Crippen LogP contribution in [0, 0.1) is 5.41 Å². The molecule has 0 aromatic carbocycles. The highest BCUT2D eigenvalue weighted by Gasteiger charge is 2.39. The van der Waals surface area contributed by atoms with Crippen molar-refractivity contribution in [2.45, 2.75) is 71.0 Å². The second kappa shape index (κ2) is 6.44. The van der Waals surface area contributed by atoms with Crippen LogP contribution in [-0.4, -0.2) is 49.2 Å². The Balaban J connectivity index is 2.01. The molecule has 20 heavy (non-hydrogen) atoms. The Morgan fingerprint density at radius 2 is 1.90 bits per heavy atom. The summed E-state index contributed by atoms with van der Waals surface area (Å²) in [6, 6.07) is 2.01. The largest absolute Gasteiger partial charge is 0.469 e. The predicted molar refractivity (Wildman–Crippen MR) is 80.6 cm³/mol. The fourth-order valence-electron chi connectivity index (χ4n) is 3.85. The molecule has 2 bridgehead atoms. The minimum atomic E-state index is -0.423. The van der Waals surface area contributed by atoms with Crippen molar-refractivity contribution in [2.75, 3.05) is 20.2 Å². The van der Waals surface area contributed by atoms with Gasteiger partial charge in [0.15, 0.2) is 0 Å². The molecule has 0 amide bonds. The number of rotatable bonds is 6. The zero-order valence-corrected chi connectivity index (χ0v) is 13.4. The van der Waals surface area contributed by atoms with Gasteiger partial charge in [-0.25, -0.2) is 0 Å². The van der Waals surface area contributed by atoms with Crippen LogP contribution in [0.15, 0.2) is 0 Å². The molecule has 0 aliphatic carbocycles. The topological polar surface area (TPSA) is 41.6 Å². The number of carbonyl (C=O) groups is 1. The number of ether oxygens (including phenoxy) is 1. The number of piperidine rings is 1. The predicted octanol–water partition coefficient (Wildman–Crippen LogP) is 2.18. The molecular formula is C16H30N2O2. The van der Waals surface area contributed by atoms with Gasteiger partial charge in [0.25, 0.3) is 0 Å². The Morgan fingerprint density at radius 1 is 1.30 bits per heavy atom. The first-order valence-electron chi connectivity index (χ1n) is 8.04. The molecule has 0 aromatic heterocycles. The maximum absolute atomic E-state index is 11.9. The van der Waals surface area contributed by atoms with Crippen molar-refractivity contribution < 1.29 is 9.53 Å². The van der Waals surface area contributed by atoms with E-state index in [0.29, 0.717) is 18.1 Å². The van der Waals surface area contributed by atoms with Crippen LogP contribution < -0.4 is 5.32 Å². The third kappa shape index (κ3) is 3.53. The average molecular weight is 282 g/mol. The number of hydrogen-bond acceptors (Lipinski definition) is 4. The lowest BCUT2D eigenvalue weighted by Gasteiger charge is -2.40. The summed E-state index contributed by atoms with van der Waals surface area (Å²) < 4.78 is 4.96. The first-order valence-corrected chi connectivity index (χ1v) is 8.04. The van der Waals surface area contributed by atoms with Crippen molar-refractivity contribution in [3.05, 3.63) is 0 Å². The Morgan fingerprint density at radius 3 is 2.40 bits per heavy atom. The van der Waals surface area contributed by atoms with Gasteiger partial charge in [0, 0.05) is 24.7 Å². The minimum absolute atomic E-state index is 0.101. The van der Waals surface area contributed by atoms with Crippen LogP contribution in [0.3, 0.4) is 0 Å². The monoisotopic (exact) mass is 282 g/mol. The minimum Gasteiger partial charge on any atom is -0.469 e. The molecule has 0 saturated carbocycles. The Bertz CT molecular complexity index is 331. The lowest BCUT2D eigenvalue weighted by atomic mass is 9.90. The summed E-state index contributed by atoms with van der Waals surface area (Å²) >= 11 is 0. The average Bonchev–Trinajstić information content (AvgIpc) is 2.75. The van der Waals surface area contributed by atoms with Crippen LogP contribution in [0.25, 0.3) is 0 Å². The normalized spacial score (nSPS) is 29.8. The molecular weight excluding hydrogens is 252 g/mol. The number of nitrogens with zero attached hydrogens (tertiary/aromatic N) is 1. The van der Waals surface area contributed by atoms with E-state index in [2.05, 4.69) is 17.1 Å². The number of methoxy groups -OCH3 is 1. The molecule has 2 heterocycles. The van der Waals surface area contributed by atoms with E-state index in [-0.39, 0.29) is 5.97 Å². The molecule has 2 rings (SSSR count). The molecule has 2 aliphatic heterocycles. The molecule has 1 N–H and O–H groups in total. The van der Waals surface area contributed by atoms with Gasteiger partial charge in [0.2, 0.25) is 0 Å². The summed E-state index contributed by atoms with van der Waals surface area (Å²) in [4.78, 5) is 14.5. The van der Waals surface area contributed by atoms with Gasteiger partial charge in [-0.1, -0.05) is 6.92 Å². The SMILES string of the molecule is CCCN(CC(C)(C)C(=O)OC)C1CC2CCC(C1)N2. The van der Waals surface area contributed by atoms with Gasteiger partial charge >= 0.3 is 5.97 Å². The van der Waals surface area contributed by atoms with Crippen LogP contribution in [0.4, 0.5) is 0 Å². The van der Waals surface area contributed by atoms with Crippen molar-refractivity contribution in [3.8, 4) is 0 Å². The quantitative estimate of drug-likeness (QED) is 0.758. The fraction of sp³-hybridized carbons (Fsp3) is 0.938. The van der Waals surface area contributed by atoms with E-state index in [0.717, 1.165) is 19.5 Å². The summed E-state index contributed by atoms with van der Waals surface area (Å²) in [5.74, 6) is -0.101. The van der Waals surface area contributed by atoms with Crippen LogP contribution in [-0.2, 0) is 9.53 Å². The maximum Gasteiger partial charge on any atom is 0.312 e. The summed E-state index contributed by atoms with van der Waals surface area (Å²) in [5, 5.41) is 3.70. The Hall–Kier alpha value is -0.610. The molecule has 2 unspecified atom stereocenters. The number of hydrogen-bond donors (Lipinski definition) is 1. The van der Waals surface area contributed by atoms with Gasteiger partial charge in [0.05, 0.1) is 12.5 Å². The van der Waals surface area contributed by atoms with Gasteiger partial charge in [-0.3, -0.25) is 9.69 Å². The van der Waals surface area contributed by atoms with Gasteiger partial charge < -0.3 is 10.1 Å². The fourth-order valence-corrected chi connectivity index (χ4v) is 3.85. The van der Waals surface area contributed by atoms with E-state index in [1.165, 1.54) is 32.8 Å². The summed E-state index contributed by atoms with van der Waals surface area (Å²) in [5.41, 5.74) is -0.423. The highest BCUT2D eigenvalue weighted by Crippen LogP contribution is 2.31. The zero-order chi connectivity index (χ0) is 14.8. The standard InChI is InChI=1S/C16H30N2O2/c1-5-8-18(11-16(2,3)15(19)20-4)14-9-12-6-7-13(10-14)17-12/h12-14,17H,5-11H2,1-4H3. The summed E-state index contributed by atoms with van der Waals surface area (Å²) in [7, 11) is 1.49. The lowest BCUT2D eigenvalue weighted by molar-refractivity contribution is -0.152. The second-order valence-electron chi connectivity index (χ2n) is 7.11. The maximum atomic E-state index is 11.9. The highest BCUT2D eigenvalue weighted by atomic mass is 16.5. The first-order chi connectivity index (χ1) is 9.46. The highest BCUT2D eigenvalue weighted by molar-refractivity contribution is 5.76.